The summed E-state index contributed by atoms with van der Waals surface area (Å²) < 4.78 is 11.6. The Morgan fingerprint density at radius 1 is 0.941 bits per heavy atom. The lowest BCUT2D eigenvalue weighted by Gasteiger charge is -2.48. The smallest absolute Gasteiger partial charge is 0.133 e. The molecule has 2 heterocycles. The summed E-state index contributed by atoms with van der Waals surface area (Å²) in [7, 11) is 1.73. The van der Waals surface area contributed by atoms with Gasteiger partial charge in [-0.3, -0.25) is 0 Å². The van der Waals surface area contributed by atoms with Crippen molar-refractivity contribution in [3.05, 3.63) is 60.2 Å². The van der Waals surface area contributed by atoms with Crippen LogP contribution >= 0.6 is 0 Å². The molecule has 2 aliphatic heterocycles. The number of rotatable bonds is 10. The number of nitrogens with zero attached hydrogens (tertiary/aromatic N) is 2. The third kappa shape index (κ3) is 6.18. The first-order chi connectivity index (χ1) is 16.6. The van der Waals surface area contributed by atoms with E-state index < -0.39 is 5.60 Å². The van der Waals surface area contributed by atoms with Gasteiger partial charge in [-0.1, -0.05) is 36.4 Å². The summed E-state index contributed by atoms with van der Waals surface area (Å²) in [6, 6.07) is 18.1. The number of nitrogens with two attached hydrogens (primary N) is 1. The highest BCUT2D eigenvalue weighted by atomic mass is 16.5. The molecule has 0 saturated carbocycles. The monoisotopic (exact) mass is 467 g/mol. The molecule has 3 atom stereocenters. The van der Waals surface area contributed by atoms with Gasteiger partial charge in [-0.05, 0) is 63.1 Å². The third-order valence-electron chi connectivity index (χ3n) is 7.39. The minimum Gasteiger partial charge on any atom is -0.457 e. The summed E-state index contributed by atoms with van der Waals surface area (Å²) in [6.07, 6.45) is 6.81. The van der Waals surface area contributed by atoms with Crippen LogP contribution in [-0.2, 0) is 10.3 Å². The number of hydrazine groups is 1. The Bertz CT molecular complexity index is 880. The number of methoxy groups -OCH3 is 1. The molecule has 3 N–H and O–H groups in total. The van der Waals surface area contributed by atoms with Gasteiger partial charge in [0.25, 0.3) is 0 Å². The minimum atomic E-state index is -0.977. The van der Waals surface area contributed by atoms with Crippen LogP contribution in [-0.4, -0.2) is 61.1 Å². The standard InChI is InChI=1S/C28H41N3O3/c1-33-20-8-7-17-28(32,23-11-9-18-30(21-23)31-19-10-12-24(29)22-31)26-15-5-6-16-27(26)34-25-13-3-2-4-14-25/h2-6,13-16,23-24,32H,7-12,17-22,29H2,1H3. The normalized spacial score (nSPS) is 24.0. The molecule has 0 aromatic heterocycles. The number of ether oxygens (including phenoxy) is 2. The lowest BCUT2D eigenvalue weighted by atomic mass is 9.74. The van der Waals surface area contributed by atoms with Gasteiger partial charge in [0.2, 0.25) is 0 Å². The average Bonchev–Trinajstić information content (AvgIpc) is 2.87. The molecule has 6 nitrogen and oxygen atoms in total. The molecule has 34 heavy (non-hydrogen) atoms. The highest BCUT2D eigenvalue weighted by Crippen LogP contribution is 2.44. The lowest BCUT2D eigenvalue weighted by molar-refractivity contribution is -0.122. The van der Waals surface area contributed by atoms with Crippen molar-refractivity contribution < 1.29 is 14.6 Å². The van der Waals surface area contributed by atoms with E-state index >= 15 is 0 Å². The quantitative estimate of drug-likeness (QED) is 0.500. The predicted molar refractivity (Wildman–Crippen MR) is 136 cm³/mol. The summed E-state index contributed by atoms with van der Waals surface area (Å²) in [5, 5.41) is 17.3. The number of unbranched alkanes of at least 4 members (excludes halogenated alkanes) is 1. The lowest BCUT2D eigenvalue weighted by Crippen LogP contribution is -2.56. The number of piperidine rings is 2. The third-order valence-corrected chi connectivity index (χ3v) is 7.39. The van der Waals surface area contributed by atoms with E-state index in [1.54, 1.807) is 7.11 Å². The van der Waals surface area contributed by atoms with Crippen molar-refractivity contribution in [2.75, 3.05) is 39.9 Å². The Labute approximate surface area is 204 Å². The van der Waals surface area contributed by atoms with Crippen LogP contribution in [0.25, 0.3) is 0 Å². The molecular weight excluding hydrogens is 426 g/mol. The number of benzene rings is 2. The Morgan fingerprint density at radius 3 is 2.41 bits per heavy atom. The molecule has 0 amide bonds. The van der Waals surface area contributed by atoms with Crippen molar-refractivity contribution in [2.24, 2.45) is 11.7 Å². The summed E-state index contributed by atoms with van der Waals surface area (Å²) in [5.74, 6) is 1.63. The molecular formula is C28H41N3O3. The van der Waals surface area contributed by atoms with E-state index in [1.807, 2.05) is 54.6 Å². The zero-order chi connectivity index (χ0) is 23.8. The van der Waals surface area contributed by atoms with Crippen molar-refractivity contribution >= 4 is 0 Å². The number of para-hydroxylation sites is 2. The molecule has 6 heteroatoms. The van der Waals surface area contributed by atoms with Crippen LogP contribution in [0.4, 0.5) is 0 Å². The fourth-order valence-electron chi connectivity index (χ4n) is 5.58. The molecule has 0 aliphatic carbocycles. The molecule has 2 fully saturated rings. The van der Waals surface area contributed by atoms with E-state index in [1.165, 1.54) is 0 Å². The van der Waals surface area contributed by atoms with Crippen LogP contribution < -0.4 is 10.5 Å². The van der Waals surface area contributed by atoms with E-state index in [0.29, 0.717) is 13.0 Å². The maximum absolute atomic E-state index is 12.4. The molecule has 2 aromatic rings. The van der Waals surface area contributed by atoms with Gasteiger partial charge in [0.05, 0.1) is 5.60 Å². The molecule has 4 rings (SSSR count). The second-order valence-electron chi connectivity index (χ2n) is 9.85. The average molecular weight is 468 g/mol. The van der Waals surface area contributed by atoms with Gasteiger partial charge in [-0.15, -0.1) is 0 Å². The van der Waals surface area contributed by atoms with Gasteiger partial charge < -0.3 is 20.3 Å². The number of hydrogen-bond donors (Lipinski definition) is 2. The van der Waals surface area contributed by atoms with Crippen LogP contribution in [0.5, 0.6) is 11.5 Å². The molecule has 0 spiro atoms. The predicted octanol–water partition coefficient (Wildman–Crippen LogP) is 4.53. The highest BCUT2D eigenvalue weighted by Gasteiger charge is 2.43. The molecule has 3 unspecified atom stereocenters. The van der Waals surface area contributed by atoms with Crippen molar-refractivity contribution in [3.63, 3.8) is 0 Å². The molecule has 186 valence electrons. The van der Waals surface area contributed by atoms with Crippen LogP contribution in [0.3, 0.4) is 0 Å². The van der Waals surface area contributed by atoms with E-state index in [2.05, 4.69) is 10.0 Å². The van der Waals surface area contributed by atoms with Crippen molar-refractivity contribution in [1.82, 2.24) is 10.0 Å². The van der Waals surface area contributed by atoms with Crippen LogP contribution in [0.1, 0.15) is 50.5 Å². The van der Waals surface area contributed by atoms with E-state index in [9.17, 15) is 5.11 Å². The highest BCUT2D eigenvalue weighted by molar-refractivity contribution is 5.42. The van der Waals surface area contributed by atoms with Crippen molar-refractivity contribution in [1.29, 1.82) is 0 Å². The second-order valence-corrected chi connectivity index (χ2v) is 9.85. The van der Waals surface area contributed by atoms with Crippen LogP contribution in [0.2, 0.25) is 0 Å². The maximum Gasteiger partial charge on any atom is 0.133 e. The van der Waals surface area contributed by atoms with Crippen LogP contribution in [0.15, 0.2) is 54.6 Å². The largest absolute Gasteiger partial charge is 0.457 e. The van der Waals surface area contributed by atoms with Crippen molar-refractivity contribution in [2.45, 2.75) is 56.6 Å². The van der Waals surface area contributed by atoms with Gasteiger partial charge in [-0.25, -0.2) is 10.0 Å². The summed E-state index contributed by atoms with van der Waals surface area (Å²) in [4.78, 5) is 0. The number of hydrogen-bond acceptors (Lipinski definition) is 6. The summed E-state index contributed by atoms with van der Waals surface area (Å²) in [6.45, 7) is 4.55. The van der Waals surface area contributed by atoms with Gasteiger partial charge in [-0.2, -0.15) is 0 Å². The zero-order valence-electron chi connectivity index (χ0n) is 20.6. The van der Waals surface area contributed by atoms with Gasteiger partial charge in [0.15, 0.2) is 0 Å². The van der Waals surface area contributed by atoms with Crippen LogP contribution in [0, 0.1) is 5.92 Å². The Morgan fingerprint density at radius 2 is 1.65 bits per heavy atom. The first-order valence-corrected chi connectivity index (χ1v) is 12.9. The topological polar surface area (TPSA) is 71.2 Å². The Kier molecular flexibility index (Phi) is 8.98. The molecule has 0 radical (unpaired) electrons. The van der Waals surface area contributed by atoms with Gasteiger partial charge >= 0.3 is 0 Å². The Balaban J connectivity index is 1.60. The van der Waals surface area contributed by atoms with E-state index in [4.69, 9.17) is 15.2 Å². The summed E-state index contributed by atoms with van der Waals surface area (Å²) >= 11 is 0. The molecule has 2 saturated heterocycles. The fourth-order valence-corrected chi connectivity index (χ4v) is 5.58. The van der Waals surface area contributed by atoms with Gasteiger partial charge in [0, 0.05) is 57.4 Å². The van der Waals surface area contributed by atoms with Gasteiger partial charge in [0.1, 0.15) is 11.5 Å². The zero-order valence-corrected chi connectivity index (χ0v) is 20.6. The fraction of sp³-hybridized carbons (Fsp3) is 0.571. The molecule has 0 bridgehead atoms. The van der Waals surface area contributed by atoms with E-state index in [0.717, 1.165) is 81.8 Å². The SMILES string of the molecule is COCCCCC(O)(c1ccccc1Oc1ccccc1)C1CCCN(N2CCCC(N)C2)C1. The molecule has 2 aliphatic rings. The molecule has 2 aromatic carbocycles. The number of aliphatic hydroxyl groups is 1. The minimum absolute atomic E-state index is 0.113. The van der Waals surface area contributed by atoms with E-state index in [-0.39, 0.29) is 12.0 Å². The Hall–Kier alpha value is -1.96. The second kappa shape index (κ2) is 12.1. The van der Waals surface area contributed by atoms with Crippen molar-refractivity contribution in [3.8, 4) is 11.5 Å². The first-order valence-electron chi connectivity index (χ1n) is 12.9. The maximum atomic E-state index is 12.4. The first kappa shape index (κ1) is 25.1. The summed E-state index contributed by atoms with van der Waals surface area (Å²) in [5.41, 5.74) is 6.20.